The summed E-state index contributed by atoms with van der Waals surface area (Å²) in [4.78, 5) is 32.8. The van der Waals surface area contributed by atoms with E-state index >= 15 is 0 Å². The number of rotatable bonds is 5. The van der Waals surface area contributed by atoms with E-state index in [1.54, 1.807) is 18.2 Å². The van der Waals surface area contributed by atoms with Crippen LogP contribution < -0.4 is 0 Å². The maximum atomic E-state index is 11.6. The van der Waals surface area contributed by atoms with Crippen LogP contribution >= 0.6 is 0 Å². The monoisotopic (exact) mass is 237 g/mol. The predicted octanol–water partition coefficient (Wildman–Crippen LogP) is 1.14. The van der Waals surface area contributed by atoms with E-state index in [4.69, 9.17) is 0 Å². The number of nitro groups is 1. The quantitative estimate of drug-likeness (QED) is 0.331. The van der Waals surface area contributed by atoms with Crippen molar-refractivity contribution < 1.29 is 19.2 Å². The van der Waals surface area contributed by atoms with Gasteiger partial charge in [-0.25, -0.2) is 4.79 Å². The number of ketones is 1. The van der Waals surface area contributed by atoms with Crippen molar-refractivity contribution in [2.24, 2.45) is 0 Å². The van der Waals surface area contributed by atoms with Gasteiger partial charge in [-0.15, -0.1) is 0 Å². The number of Topliss-reactive ketones (excluding diaryl/α,β-unsaturated/α-hetero) is 1. The van der Waals surface area contributed by atoms with Crippen molar-refractivity contribution in [3.8, 4) is 0 Å². The third-order valence-electron chi connectivity index (χ3n) is 2.05. The molecule has 6 nitrogen and oxygen atoms in total. The molecule has 17 heavy (non-hydrogen) atoms. The molecule has 0 aliphatic carbocycles. The van der Waals surface area contributed by atoms with Crippen molar-refractivity contribution >= 4 is 11.8 Å². The van der Waals surface area contributed by atoms with E-state index in [2.05, 4.69) is 4.74 Å². The van der Waals surface area contributed by atoms with Gasteiger partial charge in [0, 0.05) is 10.5 Å². The van der Waals surface area contributed by atoms with Gasteiger partial charge in [0.05, 0.1) is 6.61 Å². The van der Waals surface area contributed by atoms with Crippen molar-refractivity contribution in [1.82, 2.24) is 0 Å². The van der Waals surface area contributed by atoms with Crippen molar-refractivity contribution in [2.45, 2.75) is 13.0 Å². The third-order valence-corrected chi connectivity index (χ3v) is 2.05. The lowest BCUT2D eigenvalue weighted by atomic mass is 10.0. The SMILES string of the molecule is CCOC(=O)C(=O)C(c1ccccc1)[N+](=O)[O-]. The zero-order valence-electron chi connectivity index (χ0n) is 9.16. The molecule has 90 valence electrons. The lowest BCUT2D eigenvalue weighted by molar-refractivity contribution is -0.512. The fourth-order valence-electron chi connectivity index (χ4n) is 1.32. The van der Waals surface area contributed by atoms with E-state index in [9.17, 15) is 19.7 Å². The van der Waals surface area contributed by atoms with Gasteiger partial charge in [0.1, 0.15) is 0 Å². The topological polar surface area (TPSA) is 86.5 Å². The van der Waals surface area contributed by atoms with Crippen molar-refractivity contribution in [3.05, 3.63) is 46.0 Å². The fraction of sp³-hybridized carbons (Fsp3) is 0.273. The molecule has 0 saturated heterocycles. The van der Waals surface area contributed by atoms with Gasteiger partial charge in [-0.2, -0.15) is 0 Å². The summed E-state index contributed by atoms with van der Waals surface area (Å²) in [6.45, 7) is 1.53. The van der Waals surface area contributed by atoms with E-state index in [0.29, 0.717) is 0 Å². The minimum absolute atomic E-state index is 0.00377. The van der Waals surface area contributed by atoms with E-state index in [1.807, 2.05) is 0 Å². The van der Waals surface area contributed by atoms with E-state index in [0.717, 1.165) is 0 Å². The molecule has 0 N–H and O–H groups in total. The Labute approximate surface area is 97.3 Å². The molecule has 1 rings (SSSR count). The lowest BCUT2D eigenvalue weighted by Crippen LogP contribution is -2.29. The fourth-order valence-corrected chi connectivity index (χ4v) is 1.32. The van der Waals surface area contributed by atoms with Gasteiger partial charge in [0.25, 0.3) is 0 Å². The molecule has 1 aromatic rings. The molecule has 1 aromatic carbocycles. The molecule has 0 aliphatic rings. The molecular formula is C11H11NO5. The molecule has 0 aromatic heterocycles. The van der Waals surface area contributed by atoms with Crippen LogP contribution in [-0.4, -0.2) is 23.3 Å². The minimum atomic E-state index is -1.70. The largest absolute Gasteiger partial charge is 0.460 e. The number of carbonyl (C=O) groups is 2. The first-order valence-corrected chi connectivity index (χ1v) is 4.97. The Morgan fingerprint density at radius 1 is 1.35 bits per heavy atom. The number of hydrogen-bond acceptors (Lipinski definition) is 5. The molecule has 0 saturated carbocycles. The number of ether oxygens (including phenoxy) is 1. The average Bonchev–Trinajstić information content (AvgIpc) is 2.30. The van der Waals surface area contributed by atoms with Crippen LogP contribution in [0.5, 0.6) is 0 Å². The van der Waals surface area contributed by atoms with Gasteiger partial charge < -0.3 is 4.74 Å². The smallest absolute Gasteiger partial charge is 0.382 e. The van der Waals surface area contributed by atoms with Gasteiger partial charge in [0.2, 0.25) is 0 Å². The van der Waals surface area contributed by atoms with Gasteiger partial charge in [0.15, 0.2) is 0 Å². The van der Waals surface area contributed by atoms with Crippen LogP contribution in [0.25, 0.3) is 0 Å². The highest BCUT2D eigenvalue weighted by atomic mass is 16.6. The van der Waals surface area contributed by atoms with Crippen LogP contribution in [0.4, 0.5) is 0 Å². The van der Waals surface area contributed by atoms with E-state index < -0.39 is 22.7 Å². The Morgan fingerprint density at radius 3 is 2.41 bits per heavy atom. The van der Waals surface area contributed by atoms with Crippen LogP contribution in [0.2, 0.25) is 0 Å². The first-order valence-electron chi connectivity index (χ1n) is 4.97. The second-order valence-corrected chi connectivity index (χ2v) is 3.18. The van der Waals surface area contributed by atoms with E-state index in [1.165, 1.54) is 19.1 Å². The summed E-state index contributed by atoms with van der Waals surface area (Å²) < 4.78 is 4.46. The Bertz CT molecular complexity index is 429. The summed E-state index contributed by atoms with van der Waals surface area (Å²) in [6.07, 6.45) is 0. The van der Waals surface area contributed by atoms with Gasteiger partial charge >= 0.3 is 17.8 Å². The molecule has 0 bridgehead atoms. The summed E-state index contributed by atoms with van der Waals surface area (Å²) in [5.41, 5.74) is 0.163. The summed E-state index contributed by atoms with van der Waals surface area (Å²) >= 11 is 0. The van der Waals surface area contributed by atoms with Gasteiger partial charge in [-0.1, -0.05) is 30.3 Å². The highest BCUT2D eigenvalue weighted by Gasteiger charge is 2.37. The van der Waals surface area contributed by atoms with E-state index in [-0.39, 0.29) is 12.2 Å². The van der Waals surface area contributed by atoms with Gasteiger partial charge in [-0.05, 0) is 6.92 Å². The normalized spacial score (nSPS) is 11.6. The third kappa shape index (κ3) is 3.10. The summed E-state index contributed by atoms with van der Waals surface area (Å²) in [7, 11) is 0. The van der Waals surface area contributed by atoms with Crippen molar-refractivity contribution in [1.29, 1.82) is 0 Å². The molecule has 0 heterocycles. The highest BCUT2D eigenvalue weighted by Crippen LogP contribution is 2.17. The maximum Gasteiger partial charge on any atom is 0.382 e. The molecule has 0 amide bonds. The molecule has 0 aliphatic heterocycles. The molecule has 0 fully saturated rings. The van der Waals surface area contributed by atoms with Crippen molar-refractivity contribution in [3.63, 3.8) is 0 Å². The first-order chi connectivity index (χ1) is 8.07. The second kappa shape index (κ2) is 5.74. The first kappa shape index (κ1) is 12.8. The maximum absolute atomic E-state index is 11.6. The Kier molecular flexibility index (Phi) is 4.33. The number of benzene rings is 1. The highest BCUT2D eigenvalue weighted by molar-refractivity contribution is 6.35. The number of hydrogen-bond donors (Lipinski definition) is 0. The summed E-state index contributed by atoms with van der Waals surface area (Å²) in [6, 6.07) is 5.93. The predicted molar refractivity (Wildman–Crippen MR) is 57.8 cm³/mol. The second-order valence-electron chi connectivity index (χ2n) is 3.18. The Hall–Kier alpha value is -2.24. The van der Waals surface area contributed by atoms with Crippen LogP contribution in [-0.2, 0) is 14.3 Å². The van der Waals surface area contributed by atoms with Gasteiger partial charge in [-0.3, -0.25) is 14.9 Å². The lowest BCUT2D eigenvalue weighted by Gasteiger charge is -2.07. The van der Waals surface area contributed by atoms with Crippen LogP contribution in [0.3, 0.4) is 0 Å². The molecule has 1 atom stereocenters. The number of esters is 1. The zero-order valence-corrected chi connectivity index (χ0v) is 9.16. The molecule has 6 heteroatoms. The number of carbonyl (C=O) groups excluding carboxylic acids is 2. The summed E-state index contributed by atoms with van der Waals surface area (Å²) in [5.74, 6) is -2.35. The summed E-state index contributed by atoms with van der Waals surface area (Å²) in [5, 5.41) is 10.8. The number of nitrogens with zero attached hydrogens (tertiary/aromatic N) is 1. The average molecular weight is 237 g/mol. The van der Waals surface area contributed by atoms with Crippen molar-refractivity contribution in [2.75, 3.05) is 6.61 Å². The molecule has 1 unspecified atom stereocenters. The Balaban J connectivity index is 2.99. The van der Waals surface area contributed by atoms with Crippen LogP contribution in [0, 0.1) is 10.1 Å². The Morgan fingerprint density at radius 2 is 1.94 bits per heavy atom. The molecule has 0 spiro atoms. The zero-order chi connectivity index (χ0) is 12.8. The molecule has 0 radical (unpaired) electrons. The van der Waals surface area contributed by atoms with Crippen LogP contribution in [0.15, 0.2) is 30.3 Å². The standard InChI is InChI=1S/C11H11NO5/c1-2-17-11(14)10(13)9(12(15)16)8-6-4-3-5-7-8/h3-7,9H,2H2,1H3. The minimum Gasteiger partial charge on any atom is -0.460 e. The van der Waals surface area contributed by atoms with Crippen LogP contribution in [0.1, 0.15) is 18.5 Å². The molecular weight excluding hydrogens is 226 g/mol.